The Hall–Kier alpha value is -2.33. The van der Waals surface area contributed by atoms with E-state index in [9.17, 15) is 17.2 Å². The van der Waals surface area contributed by atoms with Gasteiger partial charge in [0.05, 0.1) is 24.3 Å². The molecule has 6 rings (SSSR count). The van der Waals surface area contributed by atoms with Gasteiger partial charge in [-0.25, -0.2) is 22.2 Å². The van der Waals surface area contributed by atoms with Crippen molar-refractivity contribution in [1.82, 2.24) is 9.29 Å². The van der Waals surface area contributed by atoms with Crippen molar-refractivity contribution in [1.29, 1.82) is 0 Å². The number of pyridine rings is 1. The van der Waals surface area contributed by atoms with Crippen molar-refractivity contribution >= 4 is 32.5 Å². The lowest BCUT2D eigenvalue weighted by Crippen LogP contribution is -2.62. The molecule has 2 aromatic rings. The topological polar surface area (TPSA) is 75.1 Å². The third kappa shape index (κ3) is 3.84. The quantitative estimate of drug-likeness (QED) is 0.647. The first-order valence-electron chi connectivity index (χ1n) is 11.9. The maximum atomic E-state index is 14.2. The Bertz CT molecular complexity index is 1270. The lowest BCUT2D eigenvalue weighted by molar-refractivity contribution is -0.0398. The average Bonchev–Trinajstić information content (AvgIpc) is 3.54. The van der Waals surface area contributed by atoms with Crippen LogP contribution >= 0.6 is 0 Å². The molecule has 1 atom stereocenters. The summed E-state index contributed by atoms with van der Waals surface area (Å²) in [5.74, 6) is -2.42. The molecule has 0 radical (unpaired) electrons. The summed E-state index contributed by atoms with van der Waals surface area (Å²) in [6.07, 6.45) is 2.29. The van der Waals surface area contributed by atoms with Crippen LogP contribution in [0, 0.1) is 11.8 Å². The summed E-state index contributed by atoms with van der Waals surface area (Å²) in [5.41, 5.74) is 1.37. The van der Waals surface area contributed by atoms with Gasteiger partial charge in [0.15, 0.2) is 5.60 Å². The molecule has 1 aliphatic carbocycles. The summed E-state index contributed by atoms with van der Waals surface area (Å²) in [6.45, 7) is 2.52. The molecule has 1 spiro atoms. The Morgan fingerprint density at radius 3 is 2.71 bits per heavy atom. The fourth-order valence-corrected chi connectivity index (χ4v) is 7.16. The number of fused-ring (bicyclic) bond motifs is 1. The summed E-state index contributed by atoms with van der Waals surface area (Å²) in [5, 5.41) is 5.00. The molecule has 3 aliphatic heterocycles. The molecule has 4 aliphatic rings. The first-order chi connectivity index (χ1) is 16.1. The second-order valence-electron chi connectivity index (χ2n) is 10.4. The van der Waals surface area contributed by atoms with E-state index in [0.717, 1.165) is 25.0 Å². The summed E-state index contributed by atoms with van der Waals surface area (Å²) in [6, 6.07) is 8.99. The third-order valence-electron chi connectivity index (χ3n) is 7.34. The monoisotopic (exact) mass is 490 g/mol. The van der Waals surface area contributed by atoms with E-state index in [1.54, 1.807) is 13.0 Å². The smallest absolute Gasteiger partial charge is 0.249 e. The highest BCUT2D eigenvalue weighted by Crippen LogP contribution is 2.44. The maximum Gasteiger partial charge on any atom is 0.249 e. The Morgan fingerprint density at radius 1 is 1.18 bits per heavy atom. The number of sulfonamides is 1. The van der Waals surface area contributed by atoms with E-state index in [1.165, 1.54) is 4.31 Å². The maximum absolute atomic E-state index is 14.2. The summed E-state index contributed by atoms with van der Waals surface area (Å²) < 4.78 is 57.2. The third-order valence-corrected chi connectivity index (χ3v) is 9.21. The summed E-state index contributed by atoms with van der Waals surface area (Å²) >= 11 is 0. The number of oxime groups is 1. The molecule has 34 heavy (non-hydrogen) atoms. The van der Waals surface area contributed by atoms with E-state index >= 15 is 0 Å². The number of hydrogen-bond donors (Lipinski definition) is 0. The molecular formula is C24H28F2N4O3S. The molecule has 4 heterocycles. The van der Waals surface area contributed by atoms with Crippen LogP contribution in [0.25, 0.3) is 10.9 Å². The molecule has 182 valence electrons. The normalized spacial score (nSPS) is 26.7. The molecule has 1 saturated carbocycles. The number of aromatic nitrogens is 1. The van der Waals surface area contributed by atoms with Gasteiger partial charge >= 0.3 is 0 Å². The van der Waals surface area contributed by atoms with Crippen molar-refractivity contribution in [3.8, 4) is 0 Å². The van der Waals surface area contributed by atoms with Crippen LogP contribution in [0.15, 0.2) is 40.4 Å². The number of rotatable bonds is 4. The standard InChI is InChI=1S/C24H28F2N4O3S/c1-16-11-24(25,26)8-9-30(13-16)34(31,32)21-10-18-4-2-3-5-19(18)27-22(21)29-14-23(15-29)12-20(28-33-23)17-6-7-17/h2-5,10,16-17H,6-9,11-15H2,1H3. The minimum atomic E-state index is -4.03. The van der Waals surface area contributed by atoms with Gasteiger partial charge in [-0.1, -0.05) is 30.3 Å². The Morgan fingerprint density at radius 2 is 1.94 bits per heavy atom. The molecule has 1 unspecified atom stereocenters. The highest BCUT2D eigenvalue weighted by molar-refractivity contribution is 7.89. The zero-order valence-corrected chi connectivity index (χ0v) is 19.9. The molecule has 1 aromatic heterocycles. The van der Waals surface area contributed by atoms with Gasteiger partial charge in [-0.05, 0) is 30.9 Å². The van der Waals surface area contributed by atoms with Crippen molar-refractivity contribution in [3.05, 3.63) is 30.3 Å². The zero-order valence-electron chi connectivity index (χ0n) is 19.1. The Labute approximate surface area is 197 Å². The van der Waals surface area contributed by atoms with E-state index in [0.29, 0.717) is 35.7 Å². The lowest BCUT2D eigenvalue weighted by atomic mass is 9.88. The van der Waals surface area contributed by atoms with E-state index in [-0.39, 0.29) is 24.4 Å². The van der Waals surface area contributed by atoms with Crippen molar-refractivity contribution < 1.29 is 22.0 Å². The van der Waals surface area contributed by atoms with Crippen LogP contribution in [-0.2, 0) is 14.9 Å². The van der Waals surface area contributed by atoms with Crippen LogP contribution in [0.4, 0.5) is 14.6 Å². The first kappa shape index (κ1) is 22.2. The molecule has 1 aromatic carbocycles. The predicted molar refractivity (Wildman–Crippen MR) is 125 cm³/mol. The van der Waals surface area contributed by atoms with Crippen molar-refractivity contribution in [3.63, 3.8) is 0 Å². The second-order valence-corrected chi connectivity index (χ2v) is 12.4. The van der Waals surface area contributed by atoms with Gasteiger partial charge in [0.2, 0.25) is 15.9 Å². The largest absolute Gasteiger partial charge is 0.385 e. The van der Waals surface area contributed by atoms with Crippen LogP contribution in [0.5, 0.6) is 0 Å². The van der Waals surface area contributed by atoms with Gasteiger partial charge in [-0.15, -0.1) is 0 Å². The molecule has 0 bridgehead atoms. The van der Waals surface area contributed by atoms with Gasteiger partial charge in [-0.2, -0.15) is 4.31 Å². The second kappa shape index (κ2) is 7.58. The Balaban J connectivity index is 1.34. The van der Waals surface area contributed by atoms with Crippen LogP contribution in [-0.4, -0.2) is 61.1 Å². The van der Waals surface area contributed by atoms with Gasteiger partial charge in [0, 0.05) is 43.7 Å². The zero-order chi connectivity index (χ0) is 23.7. The molecule has 3 fully saturated rings. The number of para-hydroxylation sites is 1. The predicted octanol–water partition coefficient (Wildman–Crippen LogP) is 4.04. The van der Waals surface area contributed by atoms with E-state index in [1.807, 2.05) is 29.2 Å². The highest BCUT2D eigenvalue weighted by atomic mass is 32.2. The minimum absolute atomic E-state index is 0.0653. The first-order valence-corrected chi connectivity index (χ1v) is 13.4. The number of alkyl halides is 2. The fourth-order valence-electron chi connectivity index (χ4n) is 5.42. The summed E-state index contributed by atoms with van der Waals surface area (Å²) in [7, 11) is -4.03. The number of halogens is 2. The molecule has 0 amide bonds. The van der Waals surface area contributed by atoms with Crippen molar-refractivity contribution in [2.75, 3.05) is 31.1 Å². The van der Waals surface area contributed by atoms with Crippen LogP contribution in [0.3, 0.4) is 0 Å². The van der Waals surface area contributed by atoms with E-state index < -0.39 is 33.9 Å². The molecular weight excluding hydrogens is 462 g/mol. The lowest BCUT2D eigenvalue weighted by Gasteiger charge is -2.46. The van der Waals surface area contributed by atoms with Gasteiger partial charge < -0.3 is 9.74 Å². The van der Waals surface area contributed by atoms with Crippen molar-refractivity contribution in [2.24, 2.45) is 17.0 Å². The van der Waals surface area contributed by atoms with Gasteiger partial charge in [0.25, 0.3) is 0 Å². The minimum Gasteiger partial charge on any atom is -0.385 e. The van der Waals surface area contributed by atoms with Crippen LogP contribution < -0.4 is 4.90 Å². The molecule has 0 N–H and O–H groups in total. The number of nitrogens with zero attached hydrogens (tertiary/aromatic N) is 4. The molecule has 2 saturated heterocycles. The van der Waals surface area contributed by atoms with Crippen LogP contribution in [0.1, 0.15) is 39.0 Å². The molecule has 7 nitrogen and oxygen atoms in total. The summed E-state index contributed by atoms with van der Waals surface area (Å²) in [4.78, 5) is 12.5. The average molecular weight is 491 g/mol. The highest BCUT2D eigenvalue weighted by Gasteiger charge is 2.53. The Kier molecular flexibility index (Phi) is 4.94. The molecule has 10 heteroatoms. The van der Waals surface area contributed by atoms with E-state index in [4.69, 9.17) is 9.82 Å². The van der Waals surface area contributed by atoms with E-state index in [2.05, 4.69) is 5.16 Å². The van der Waals surface area contributed by atoms with Crippen molar-refractivity contribution in [2.45, 2.75) is 55.4 Å². The number of benzene rings is 1. The SMILES string of the molecule is CC1CN(S(=O)(=O)c2cc3ccccc3nc2N2CC3(CC(C4CC4)=NO3)C2)CCC(F)(F)C1. The number of anilines is 1. The van der Waals surface area contributed by atoms with Crippen LogP contribution in [0.2, 0.25) is 0 Å². The van der Waals surface area contributed by atoms with Gasteiger partial charge in [0.1, 0.15) is 10.7 Å². The van der Waals surface area contributed by atoms with Gasteiger partial charge in [-0.3, -0.25) is 0 Å². The number of hydrogen-bond acceptors (Lipinski definition) is 6. The fraction of sp³-hybridized carbons (Fsp3) is 0.583.